The van der Waals surface area contributed by atoms with Crippen molar-refractivity contribution in [3.63, 3.8) is 0 Å². The van der Waals surface area contributed by atoms with E-state index in [9.17, 15) is 4.79 Å². The number of nitrogens with two attached hydrogens (primary N) is 1. The Morgan fingerprint density at radius 3 is 2.79 bits per heavy atom. The number of carbonyl (C=O) groups excluding carboxylic acids is 1. The van der Waals surface area contributed by atoms with Crippen molar-refractivity contribution in [3.8, 4) is 0 Å². The summed E-state index contributed by atoms with van der Waals surface area (Å²) in [5.41, 5.74) is 7.74. The van der Waals surface area contributed by atoms with E-state index in [1.54, 1.807) is 17.9 Å². The van der Waals surface area contributed by atoms with Gasteiger partial charge in [0.1, 0.15) is 11.5 Å². The number of amides is 1. The SMILES string of the molecule is Cn1ccnc1[C@@H]1CN(C(=O)c2c3ccccc3nn2C)C[C@H]1N. The highest BCUT2D eigenvalue weighted by atomic mass is 16.2. The number of fused-ring (bicyclic) bond motifs is 1. The number of benzene rings is 1. The summed E-state index contributed by atoms with van der Waals surface area (Å²) in [6, 6.07) is 7.58. The highest BCUT2D eigenvalue weighted by Crippen LogP contribution is 2.27. The molecule has 1 aliphatic rings. The molecule has 2 aromatic heterocycles. The molecule has 0 unspecified atom stereocenters. The largest absolute Gasteiger partial charge is 0.338 e. The van der Waals surface area contributed by atoms with Crippen LogP contribution in [-0.4, -0.2) is 49.3 Å². The first-order chi connectivity index (χ1) is 11.6. The van der Waals surface area contributed by atoms with E-state index in [1.165, 1.54) is 0 Å². The molecule has 0 radical (unpaired) electrons. The summed E-state index contributed by atoms with van der Waals surface area (Å²) in [6.45, 7) is 1.10. The molecule has 7 nitrogen and oxygen atoms in total. The monoisotopic (exact) mass is 324 g/mol. The van der Waals surface area contributed by atoms with Gasteiger partial charge in [0.05, 0.1) is 11.4 Å². The molecule has 0 bridgehead atoms. The van der Waals surface area contributed by atoms with Gasteiger partial charge in [0, 0.05) is 51.0 Å². The van der Waals surface area contributed by atoms with Gasteiger partial charge in [-0.2, -0.15) is 5.10 Å². The normalized spacial score (nSPS) is 20.9. The fourth-order valence-electron chi connectivity index (χ4n) is 3.55. The van der Waals surface area contributed by atoms with Gasteiger partial charge in [0.2, 0.25) is 0 Å². The van der Waals surface area contributed by atoms with E-state index in [0.29, 0.717) is 18.8 Å². The van der Waals surface area contributed by atoms with Crippen LogP contribution in [-0.2, 0) is 14.1 Å². The molecular weight excluding hydrogens is 304 g/mol. The van der Waals surface area contributed by atoms with Crippen LogP contribution in [0.15, 0.2) is 36.7 Å². The maximum absolute atomic E-state index is 13.1. The molecule has 2 N–H and O–H groups in total. The van der Waals surface area contributed by atoms with E-state index >= 15 is 0 Å². The second-order valence-corrected chi connectivity index (χ2v) is 6.37. The van der Waals surface area contributed by atoms with Crippen LogP contribution >= 0.6 is 0 Å². The Bertz CT molecular complexity index is 911. The van der Waals surface area contributed by atoms with Gasteiger partial charge < -0.3 is 15.2 Å². The molecule has 24 heavy (non-hydrogen) atoms. The van der Waals surface area contributed by atoms with Crippen LogP contribution in [0.5, 0.6) is 0 Å². The van der Waals surface area contributed by atoms with Gasteiger partial charge in [0.25, 0.3) is 5.91 Å². The molecule has 0 aliphatic carbocycles. The molecule has 4 rings (SSSR count). The third-order valence-electron chi connectivity index (χ3n) is 4.79. The average molecular weight is 324 g/mol. The lowest BCUT2D eigenvalue weighted by molar-refractivity contribution is 0.0780. The predicted molar refractivity (Wildman–Crippen MR) is 90.5 cm³/mol. The Morgan fingerprint density at radius 2 is 2.04 bits per heavy atom. The number of hydrogen-bond acceptors (Lipinski definition) is 4. The van der Waals surface area contributed by atoms with Crippen molar-refractivity contribution in [2.24, 2.45) is 19.8 Å². The van der Waals surface area contributed by atoms with Gasteiger partial charge >= 0.3 is 0 Å². The van der Waals surface area contributed by atoms with E-state index in [-0.39, 0.29) is 17.9 Å². The van der Waals surface area contributed by atoms with Crippen LogP contribution in [0.3, 0.4) is 0 Å². The van der Waals surface area contributed by atoms with Crippen LogP contribution in [0.2, 0.25) is 0 Å². The Labute approximate surface area is 139 Å². The molecule has 1 fully saturated rings. The number of rotatable bonds is 2. The lowest BCUT2D eigenvalue weighted by atomic mass is 10.0. The lowest BCUT2D eigenvalue weighted by Crippen LogP contribution is -2.33. The molecule has 1 aromatic carbocycles. The quantitative estimate of drug-likeness (QED) is 0.758. The lowest BCUT2D eigenvalue weighted by Gasteiger charge is -2.16. The van der Waals surface area contributed by atoms with Crippen LogP contribution in [0.4, 0.5) is 0 Å². The van der Waals surface area contributed by atoms with Crippen molar-refractivity contribution in [1.82, 2.24) is 24.2 Å². The molecule has 3 heterocycles. The Kier molecular flexibility index (Phi) is 3.38. The molecular formula is C17H20N6O. The van der Waals surface area contributed by atoms with Crippen LogP contribution in [0.1, 0.15) is 22.2 Å². The van der Waals surface area contributed by atoms with Crippen molar-refractivity contribution in [2.75, 3.05) is 13.1 Å². The third-order valence-corrected chi connectivity index (χ3v) is 4.79. The number of likely N-dealkylation sites (tertiary alicyclic amines) is 1. The van der Waals surface area contributed by atoms with Gasteiger partial charge in [0.15, 0.2) is 0 Å². The third kappa shape index (κ3) is 2.20. The molecule has 0 spiro atoms. The van der Waals surface area contributed by atoms with Crippen molar-refractivity contribution >= 4 is 16.8 Å². The van der Waals surface area contributed by atoms with Crippen LogP contribution in [0, 0.1) is 0 Å². The maximum atomic E-state index is 13.1. The summed E-state index contributed by atoms with van der Waals surface area (Å²) in [5.74, 6) is 0.944. The van der Waals surface area contributed by atoms with E-state index < -0.39 is 0 Å². The standard InChI is InChI=1S/C17H20N6O/c1-21-8-7-19-16(21)12-9-23(10-13(12)18)17(24)15-11-5-3-4-6-14(11)20-22(15)2/h3-8,12-13H,9-10,18H2,1-2H3/t12-,13-/m1/s1. The summed E-state index contributed by atoms with van der Waals surface area (Å²) >= 11 is 0. The number of aryl methyl sites for hydroxylation is 2. The fraction of sp³-hybridized carbons (Fsp3) is 0.353. The number of carbonyl (C=O) groups is 1. The maximum Gasteiger partial charge on any atom is 0.272 e. The molecule has 1 saturated heterocycles. The Hall–Kier alpha value is -2.67. The highest BCUT2D eigenvalue weighted by molar-refractivity contribution is 6.05. The van der Waals surface area contributed by atoms with Gasteiger partial charge in [-0.05, 0) is 6.07 Å². The van der Waals surface area contributed by atoms with Crippen molar-refractivity contribution in [2.45, 2.75) is 12.0 Å². The molecule has 2 atom stereocenters. The van der Waals surface area contributed by atoms with Crippen molar-refractivity contribution in [1.29, 1.82) is 0 Å². The minimum absolute atomic E-state index is 0.0293. The van der Waals surface area contributed by atoms with Crippen molar-refractivity contribution < 1.29 is 4.79 Å². The molecule has 1 aliphatic heterocycles. The minimum Gasteiger partial charge on any atom is -0.338 e. The number of aromatic nitrogens is 4. The summed E-state index contributed by atoms with van der Waals surface area (Å²) in [7, 11) is 3.76. The number of nitrogens with zero attached hydrogens (tertiary/aromatic N) is 5. The predicted octanol–water partition coefficient (Wildman–Crippen LogP) is 0.874. The minimum atomic E-state index is -0.116. The zero-order valence-electron chi connectivity index (χ0n) is 13.8. The van der Waals surface area contributed by atoms with Crippen LogP contribution < -0.4 is 5.73 Å². The van der Waals surface area contributed by atoms with E-state index in [1.807, 2.05) is 47.0 Å². The van der Waals surface area contributed by atoms with Gasteiger partial charge in [-0.3, -0.25) is 9.48 Å². The Balaban J connectivity index is 1.66. The molecule has 124 valence electrons. The van der Waals surface area contributed by atoms with E-state index in [0.717, 1.165) is 16.7 Å². The van der Waals surface area contributed by atoms with Gasteiger partial charge in [-0.1, -0.05) is 18.2 Å². The first-order valence-electron chi connectivity index (χ1n) is 8.00. The summed E-state index contributed by atoms with van der Waals surface area (Å²) < 4.78 is 3.63. The average Bonchev–Trinajstić information content (AvgIpc) is 3.23. The summed E-state index contributed by atoms with van der Waals surface area (Å²) in [6.07, 6.45) is 3.67. The van der Waals surface area contributed by atoms with E-state index in [4.69, 9.17) is 5.73 Å². The molecule has 1 amide bonds. The summed E-state index contributed by atoms with van der Waals surface area (Å²) in [5, 5.41) is 5.30. The zero-order valence-corrected chi connectivity index (χ0v) is 13.8. The number of hydrogen-bond donors (Lipinski definition) is 1. The van der Waals surface area contributed by atoms with E-state index in [2.05, 4.69) is 10.1 Å². The first kappa shape index (κ1) is 14.9. The smallest absolute Gasteiger partial charge is 0.272 e. The van der Waals surface area contributed by atoms with Gasteiger partial charge in [-0.25, -0.2) is 4.98 Å². The van der Waals surface area contributed by atoms with Crippen LogP contribution in [0.25, 0.3) is 10.9 Å². The number of imidazole rings is 1. The molecule has 7 heteroatoms. The molecule has 3 aromatic rings. The molecule has 0 saturated carbocycles. The summed E-state index contributed by atoms with van der Waals surface area (Å²) in [4.78, 5) is 19.3. The first-order valence-corrected chi connectivity index (χ1v) is 8.00. The van der Waals surface area contributed by atoms with Crippen molar-refractivity contribution in [3.05, 3.63) is 48.2 Å². The fourth-order valence-corrected chi connectivity index (χ4v) is 3.55. The topological polar surface area (TPSA) is 82.0 Å². The highest BCUT2D eigenvalue weighted by Gasteiger charge is 2.37. The zero-order chi connectivity index (χ0) is 16.8. The second kappa shape index (κ2) is 5.45. The Morgan fingerprint density at radius 1 is 1.25 bits per heavy atom. The van der Waals surface area contributed by atoms with Gasteiger partial charge in [-0.15, -0.1) is 0 Å². The second-order valence-electron chi connectivity index (χ2n) is 6.37.